The number of nitriles is 1. The number of aromatic amines is 1. The number of benzene rings is 1. The molecule has 5 rings (SSSR count). The first-order valence-corrected chi connectivity index (χ1v) is 9.75. The third kappa shape index (κ3) is 3.82. The van der Waals surface area contributed by atoms with Gasteiger partial charge in [-0.25, -0.2) is 9.97 Å². The van der Waals surface area contributed by atoms with Crippen LogP contribution in [-0.4, -0.2) is 24.9 Å². The monoisotopic (exact) mass is 403 g/mol. The summed E-state index contributed by atoms with van der Waals surface area (Å²) in [7, 11) is 0. The summed E-state index contributed by atoms with van der Waals surface area (Å²) in [5.74, 6) is 1.17. The molecule has 0 aliphatic rings. The number of nitrogens with one attached hydrogen (secondary N) is 2. The van der Waals surface area contributed by atoms with Gasteiger partial charge in [0.15, 0.2) is 5.82 Å². The van der Waals surface area contributed by atoms with E-state index in [1.807, 2.05) is 36.5 Å². The molecule has 0 aliphatic heterocycles. The van der Waals surface area contributed by atoms with Gasteiger partial charge in [-0.3, -0.25) is 9.97 Å². The first-order chi connectivity index (χ1) is 15.3. The van der Waals surface area contributed by atoms with E-state index in [4.69, 9.17) is 0 Å². The molecule has 7 heteroatoms. The number of nitrogens with zero attached hydrogens (tertiary/aromatic N) is 5. The molecule has 4 heterocycles. The maximum Gasteiger partial charge on any atom is 0.180 e. The van der Waals surface area contributed by atoms with Gasteiger partial charge in [0.05, 0.1) is 11.3 Å². The molecular weight excluding hydrogens is 386 g/mol. The van der Waals surface area contributed by atoms with Crippen LogP contribution >= 0.6 is 0 Å². The zero-order chi connectivity index (χ0) is 21.0. The molecule has 1 aromatic carbocycles. The van der Waals surface area contributed by atoms with E-state index in [9.17, 15) is 5.26 Å². The topological polar surface area (TPSA) is 103 Å². The highest BCUT2D eigenvalue weighted by molar-refractivity contribution is 5.83. The average Bonchev–Trinajstić information content (AvgIpc) is 3.33. The third-order valence-corrected chi connectivity index (χ3v) is 4.93. The highest BCUT2D eigenvalue weighted by atomic mass is 15.0. The Bertz CT molecular complexity index is 1400. The first-order valence-electron chi connectivity index (χ1n) is 9.75. The Morgan fingerprint density at radius 1 is 0.968 bits per heavy atom. The average molecular weight is 403 g/mol. The van der Waals surface area contributed by atoms with E-state index in [1.165, 1.54) is 11.6 Å². The maximum atomic E-state index is 9.23. The Kier molecular flexibility index (Phi) is 4.79. The fraction of sp³-hybridized carbons (Fsp3) is 0.0417. The lowest BCUT2D eigenvalue weighted by Gasteiger charge is -2.11. The molecule has 5 aromatic rings. The summed E-state index contributed by atoms with van der Waals surface area (Å²) in [6.45, 7) is 0.601. The molecule has 4 aromatic heterocycles. The molecule has 0 spiro atoms. The van der Waals surface area contributed by atoms with Gasteiger partial charge in [0.1, 0.15) is 17.6 Å². The lowest BCUT2D eigenvalue weighted by molar-refractivity contribution is 1.08. The van der Waals surface area contributed by atoms with Crippen LogP contribution in [-0.2, 0) is 6.54 Å². The van der Waals surface area contributed by atoms with Gasteiger partial charge in [-0.15, -0.1) is 0 Å². The highest BCUT2D eigenvalue weighted by Crippen LogP contribution is 2.25. The van der Waals surface area contributed by atoms with Gasteiger partial charge < -0.3 is 10.3 Å². The number of hydrogen-bond donors (Lipinski definition) is 2. The Balaban J connectivity index is 1.54. The summed E-state index contributed by atoms with van der Waals surface area (Å²) in [6.07, 6.45) is 6.87. The van der Waals surface area contributed by atoms with Crippen molar-refractivity contribution < 1.29 is 0 Å². The van der Waals surface area contributed by atoms with Crippen molar-refractivity contribution in [2.75, 3.05) is 5.32 Å². The van der Waals surface area contributed by atoms with Crippen molar-refractivity contribution in [2.24, 2.45) is 0 Å². The molecule has 0 bridgehead atoms. The lowest BCUT2D eigenvalue weighted by Crippen LogP contribution is -2.05. The highest BCUT2D eigenvalue weighted by Gasteiger charge is 2.11. The van der Waals surface area contributed by atoms with Crippen LogP contribution in [0.1, 0.15) is 11.1 Å². The first kappa shape index (κ1) is 18.5. The molecule has 31 heavy (non-hydrogen) atoms. The summed E-state index contributed by atoms with van der Waals surface area (Å²) in [5, 5.41) is 13.8. The maximum absolute atomic E-state index is 9.23. The minimum atomic E-state index is 0.476. The van der Waals surface area contributed by atoms with Gasteiger partial charge >= 0.3 is 0 Å². The van der Waals surface area contributed by atoms with Crippen LogP contribution in [0.4, 0.5) is 5.82 Å². The second-order valence-electron chi connectivity index (χ2n) is 6.96. The van der Waals surface area contributed by atoms with Gasteiger partial charge in [-0.05, 0) is 35.9 Å². The number of pyridine rings is 2. The van der Waals surface area contributed by atoms with Crippen LogP contribution in [0.2, 0.25) is 0 Å². The van der Waals surface area contributed by atoms with E-state index in [-0.39, 0.29) is 0 Å². The second kappa shape index (κ2) is 8.05. The molecule has 0 aliphatic carbocycles. The number of anilines is 1. The Morgan fingerprint density at radius 2 is 1.94 bits per heavy atom. The minimum absolute atomic E-state index is 0.476. The Labute approximate surface area is 178 Å². The van der Waals surface area contributed by atoms with Crippen LogP contribution < -0.4 is 5.32 Å². The summed E-state index contributed by atoms with van der Waals surface area (Å²) < 4.78 is 0. The van der Waals surface area contributed by atoms with Crippen LogP contribution in [0.25, 0.3) is 33.7 Å². The number of rotatable bonds is 5. The van der Waals surface area contributed by atoms with Crippen molar-refractivity contribution in [3.05, 3.63) is 90.5 Å². The quantitative estimate of drug-likeness (QED) is 0.446. The smallest absolute Gasteiger partial charge is 0.180 e. The number of H-pyrrole nitrogens is 1. The normalized spacial score (nSPS) is 10.7. The summed E-state index contributed by atoms with van der Waals surface area (Å²) in [5.41, 5.74) is 4.81. The molecule has 0 atom stereocenters. The summed E-state index contributed by atoms with van der Waals surface area (Å²) in [6, 6.07) is 19.6. The molecule has 7 nitrogen and oxygen atoms in total. The van der Waals surface area contributed by atoms with Crippen LogP contribution in [0.3, 0.4) is 0 Å². The van der Waals surface area contributed by atoms with Crippen LogP contribution in [0, 0.1) is 11.3 Å². The standard InChI is InChI=1S/C24H17N7/c25-12-16-10-18(14-26-13-16)22-11-23(31-24(30-22)21-5-1-2-8-27-21)29-15-17-4-3-6-20-19(17)7-9-28-20/h1-11,13-14,28H,15H2,(H,29,30,31). The van der Waals surface area contributed by atoms with Gasteiger partial charge in [0.25, 0.3) is 0 Å². The summed E-state index contributed by atoms with van der Waals surface area (Å²) in [4.78, 5) is 21.1. The van der Waals surface area contributed by atoms with Crippen molar-refractivity contribution in [2.45, 2.75) is 6.54 Å². The number of aromatic nitrogens is 5. The van der Waals surface area contributed by atoms with Crippen molar-refractivity contribution in [3.63, 3.8) is 0 Å². The van der Waals surface area contributed by atoms with Gasteiger partial charge in [-0.2, -0.15) is 5.26 Å². The second-order valence-corrected chi connectivity index (χ2v) is 6.96. The number of fused-ring (bicyclic) bond motifs is 1. The van der Waals surface area contributed by atoms with Gasteiger partial charge in [0, 0.05) is 53.9 Å². The van der Waals surface area contributed by atoms with Crippen molar-refractivity contribution in [3.8, 4) is 28.8 Å². The Hall–Kier alpha value is -4.57. The lowest BCUT2D eigenvalue weighted by atomic mass is 10.1. The predicted octanol–water partition coefficient (Wildman–Crippen LogP) is 4.57. The molecule has 0 unspecified atom stereocenters. The molecule has 0 fully saturated rings. The van der Waals surface area contributed by atoms with Crippen molar-refractivity contribution in [1.82, 2.24) is 24.9 Å². The zero-order valence-electron chi connectivity index (χ0n) is 16.4. The molecule has 0 saturated heterocycles. The zero-order valence-corrected chi connectivity index (χ0v) is 16.4. The van der Waals surface area contributed by atoms with E-state index in [1.54, 1.807) is 18.5 Å². The molecule has 0 amide bonds. The Morgan fingerprint density at radius 3 is 2.81 bits per heavy atom. The fourth-order valence-electron chi connectivity index (χ4n) is 3.43. The third-order valence-electron chi connectivity index (χ3n) is 4.93. The molecule has 0 saturated carbocycles. The van der Waals surface area contributed by atoms with Gasteiger partial charge in [0.2, 0.25) is 0 Å². The van der Waals surface area contributed by atoms with Gasteiger partial charge in [-0.1, -0.05) is 18.2 Å². The van der Waals surface area contributed by atoms with E-state index >= 15 is 0 Å². The van der Waals surface area contributed by atoms with Crippen LogP contribution in [0.15, 0.2) is 79.4 Å². The van der Waals surface area contributed by atoms with Crippen molar-refractivity contribution in [1.29, 1.82) is 5.26 Å². The molecule has 148 valence electrons. The SMILES string of the molecule is N#Cc1cncc(-c2cc(NCc3cccc4[nH]ccc34)nc(-c3ccccn3)n2)c1. The molecular formula is C24H17N7. The fourth-order valence-corrected chi connectivity index (χ4v) is 3.43. The number of hydrogen-bond acceptors (Lipinski definition) is 6. The molecule has 0 radical (unpaired) electrons. The largest absolute Gasteiger partial charge is 0.366 e. The molecule has 2 N–H and O–H groups in total. The predicted molar refractivity (Wildman–Crippen MR) is 119 cm³/mol. The minimum Gasteiger partial charge on any atom is -0.366 e. The van der Waals surface area contributed by atoms with E-state index in [2.05, 4.69) is 54.5 Å². The van der Waals surface area contributed by atoms with Crippen LogP contribution in [0.5, 0.6) is 0 Å². The van der Waals surface area contributed by atoms with Crippen molar-refractivity contribution >= 4 is 16.7 Å². The summed E-state index contributed by atoms with van der Waals surface area (Å²) >= 11 is 0. The van der Waals surface area contributed by atoms with E-state index in [0.717, 1.165) is 16.6 Å². The van der Waals surface area contributed by atoms with E-state index in [0.29, 0.717) is 35.1 Å². The van der Waals surface area contributed by atoms with E-state index < -0.39 is 0 Å².